The van der Waals surface area contributed by atoms with E-state index in [0.29, 0.717) is 0 Å². The molecule has 0 spiro atoms. The van der Waals surface area contributed by atoms with Gasteiger partial charge in [-0.05, 0) is 48.7 Å². The number of hydrogen-bond donors (Lipinski definition) is 2. The first-order valence-corrected chi connectivity index (χ1v) is 10.5. The van der Waals surface area contributed by atoms with E-state index in [1.165, 1.54) is 36.0 Å². The standard InChI is InChI=1S/C16H15ClN2O4S2/c1-24-11-5-8-14(17)13(9-11)16(21)19-18-15(20)10-3-6-12(7-4-10)25(2,22)23/h3-9H,1-2H3,(H,18,20)(H,19,21). The van der Waals surface area contributed by atoms with Gasteiger partial charge in [0.25, 0.3) is 11.8 Å². The minimum Gasteiger partial charge on any atom is -0.267 e. The van der Waals surface area contributed by atoms with Gasteiger partial charge in [0, 0.05) is 16.7 Å². The third-order valence-electron chi connectivity index (χ3n) is 3.25. The number of sulfone groups is 1. The minimum absolute atomic E-state index is 0.105. The van der Waals surface area contributed by atoms with Crippen molar-refractivity contribution in [2.75, 3.05) is 12.5 Å². The predicted octanol–water partition coefficient (Wildman–Crippen LogP) is 2.54. The van der Waals surface area contributed by atoms with Gasteiger partial charge in [-0.3, -0.25) is 20.4 Å². The second kappa shape index (κ2) is 7.90. The highest BCUT2D eigenvalue weighted by molar-refractivity contribution is 7.98. The van der Waals surface area contributed by atoms with Gasteiger partial charge in [-0.25, -0.2) is 8.42 Å². The highest BCUT2D eigenvalue weighted by Gasteiger charge is 2.14. The van der Waals surface area contributed by atoms with Crippen molar-refractivity contribution in [3.8, 4) is 0 Å². The average molecular weight is 399 g/mol. The van der Waals surface area contributed by atoms with Crippen molar-refractivity contribution in [2.24, 2.45) is 0 Å². The Balaban J connectivity index is 2.06. The fourth-order valence-electron chi connectivity index (χ4n) is 1.91. The number of amides is 2. The zero-order valence-electron chi connectivity index (χ0n) is 13.4. The lowest BCUT2D eigenvalue weighted by atomic mass is 10.2. The Hall–Kier alpha value is -2.03. The van der Waals surface area contributed by atoms with Crippen molar-refractivity contribution in [3.05, 3.63) is 58.6 Å². The number of carbonyl (C=O) groups excluding carboxylic acids is 2. The molecular formula is C16H15ClN2O4S2. The lowest BCUT2D eigenvalue weighted by Crippen LogP contribution is -2.41. The molecule has 0 bridgehead atoms. The Bertz CT molecular complexity index is 912. The first kappa shape index (κ1) is 19.3. The summed E-state index contributed by atoms with van der Waals surface area (Å²) < 4.78 is 22.8. The summed E-state index contributed by atoms with van der Waals surface area (Å²) in [5.74, 6) is -1.13. The van der Waals surface area contributed by atoms with Crippen LogP contribution < -0.4 is 10.9 Å². The number of rotatable bonds is 4. The van der Waals surface area contributed by atoms with Crippen LogP contribution in [0, 0.1) is 0 Å². The molecule has 0 aliphatic rings. The lowest BCUT2D eigenvalue weighted by Gasteiger charge is -2.10. The molecule has 2 rings (SSSR count). The van der Waals surface area contributed by atoms with Crippen molar-refractivity contribution < 1.29 is 18.0 Å². The number of benzene rings is 2. The van der Waals surface area contributed by atoms with E-state index in [2.05, 4.69) is 10.9 Å². The number of thioether (sulfide) groups is 1. The molecule has 0 aliphatic carbocycles. The van der Waals surface area contributed by atoms with Gasteiger partial charge in [0.05, 0.1) is 15.5 Å². The largest absolute Gasteiger partial charge is 0.271 e. The topological polar surface area (TPSA) is 92.3 Å². The van der Waals surface area contributed by atoms with Gasteiger partial charge in [-0.1, -0.05) is 11.6 Å². The highest BCUT2D eigenvalue weighted by Crippen LogP contribution is 2.22. The van der Waals surface area contributed by atoms with Gasteiger partial charge in [0.15, 0.2) is 9.84 Å². The molecule has 0 atom stereocenters. The van der Waals surface area contributed by atoms with Gasteiger partial charge < -0.3 is 0 Å². The number of nitrogens with one attached hydrogen (secondary N) is 2. The maximum absolute atomic E-state index is 12.2. The zero-order valence-corrected chi connectivity index (χ0v) is 15.8. The van der Waals surface area contributed by atoms with Crippen LogP contribution in [0.15, 0.2) is 52.3 Å². The van der Waals surface area contributed by atoms with Crippen LogP contribution >= 0.6 is 23.4 Å². The molecule has 9 heteroatoms. The minimum atomic E-state index is -3.34. The molecule has 0 saturated heterocycles. The van der Waals surface area contributed by atoms with Gasteiger partial charge in [0.1, 0.15) is 0 Å². The summed E-state index contributed by atoms with van der Waals surface area (Å²) in [5, 5.41) is 0.266. The number of halogens is 1. The summed E-state index contributed by atoms with van der Waals surface area (Å²) >= 11 is 7.46. The Morgan fingerprint density at radius 2 is 1.60 bits per heavy atom. The molecule has 0 aromatic heterocycles. The normalized spacial score (nSPS) is 11.0. The summed E-state index contributed by atoms with van der Waals surface area (Å²) in [6.07, 6.45) is 2.95. The smallest absolute Gasteiger partial charge is 0.267 e. The zero-order chi connectivity index (χ0) is 18.6. The molecule has 0 heterocycles. The average Bonchev–Trinajstić information content (AvgIpc) is 2.59. The summed E-state index contributed by atoms with van der Waals surface area (Å²) in [5.41, 5.74) is 4.99. The molecule has 0 saturated carbocycles. The summed E-state index contributed by atoms with van der Waals surface area (Å²) in [4.78, 5) is 25.2. The number of carbonyl (C=O) groups is 2. The van der Waals surface area contributed by atoms with Crippen LogP contribution in [0.25, 0.3) is 0 Å². The molecule has 0 fully saturated rings. The van der Waals surface area contributed by atoms with E-state index in [1.54, 1.807) is 18.2 Å². The Labute approximate surface area is 154 Å². The Morgan fingerprint density at radius 3 is 2.16 bits per heavy atom. The van der Waals surface area contributed by atoms with E-state index in [4.69, 9.17) is 11.6 Å². The molecule has 6 nitrogen and oxygen atoms in total. The third-order valence-corrected chi connectivity index (χ3v) is 5.44. The lowest BCUT2D eigenvalue weighted by molar-refractivity contribution is 0.0846. The second-order valence-electron chi connectivity index (χ2n) is 5.05. The molecule has 2 aromatic rings. The van der Waals surface area contributed by atoms with E-state index in [0.717, 1.165) is 11.2 Å². The molecule has 2 aromatic carbocycles. The molecule has 2 amide bonds. The maximum atomic E-state index is 12.2. The molecule has 0 aliphatic heterocycles. The first-order valence-electron chi connectivity index (χ1n) is 6.96. The summed E-state index contributed by atoms with van der Waals surface area (Å²) in [7, 11) is -3.34. The number of hydrogen-bond acceptors (Lipinski definition) is 5. The van der Waals surface area contributed by atoms with Crippen molar-refractivity contribution in [3.63, 3.8) is 0 Å². The Kier molecular flexibility index (Phi) is 6.10. The van der Waals surface area contributed by atoms with Gasteiger partial charge >= 0.3 is 0 Å². The van der Waals surface area contributed by atoms with Gasteiger partial charge in [-0.15, -0.1) is 11.8 Å². The van der Waals surface area contributed by atoms with Crippen LogP contribution in [0.3, 0.4) is 0 Å². The maximum Gasteiger partial charge on any atom is 0.271 e. The fraction of sp³-hybridized carbons (Fsp3) is 0.125. The van der Waals surface area contributed by atoms with Crippen molar-refractivity contribution in [1.82, 2.24) is 10.9 Å². The van der Waals surface area contributed by atoms with Crippen LogP contribution in [0.5, 0.6) is 0 Å². The van der Waals surface area contributed by atoms with Crippen LogP contribution in [0.1, 0.15) is 20.7 Å². The molecule has 0 unspecified atom stereocenters. The van der Waals surface area contributed by atoms with E-state index >= 15 is 0 Å². The SMILES string of the molecule is CSc1ccc(Cl)c(C(=O)NNC(=O)c2ccc(S(C)(=O)=O)cc2)c1. The van der Waals surface area contributed by atoms with Gasteiger partial charge in [0.2, 0.25) is 0 Å². The fourth-order valence-corrected chi connectivity index (χ4v) is 3.19. The molecular weight excluding hydrogens is 384 g/mol. The predicted molar refractivity (Wildman–Crippen MR) is 97.7 cm³/mol. The van der Waals surface area contributed by atoms with Crippen LogP contribution in [0.4, 0.5) is 0 Å². The van der Waals surface area contributed by atoms with Crippen molar-refractivity contribution in [1.29, 1.82) is 0 Å². The van der Waals surface area contributed by atoms with Crippen LogP contribution in [0.2, 0.25) is 5.02 Å². The van der Waals surface area contributed by atoms with E-state index in [-0.39, 0.29) is 21.0 Å². The quantitative estimate of drug-likeness (QED) is 0.610. The summed E-state index contributed by atoms with van der Waals surface area (Å²) in [6.45, 7) is 0. The molecule has 132 valence electrons. The van der Waals surface area contributed by atoms with Crippen LogP contribution in [-0.4, -0.2) is 32.7 Å². The highest BCUT2D eigenvalue weighted by atomic mass is 35.5. The van der Waals surface area contributed by atoms with Gasteiger partial charge in [-0.2, -0.15) is 0 Å². The van der Waals surface area contributed by atoms with E-state index in [9.17, 15) is 18.0 Å². The molecule has 0 radical (unpaired) electrons. The van der Waals surface area contributed by atoms with E-state index < -0.39 is 21.7 Å². The molecule has 25 heavy (non-hydrogen) atoms. The molecule has 2 N–H and O–H groups in total. The van der Waals surface area contributed by atoms with Crippen LogP contribution in [-0.2, 0) is 9.84 Å². The second-order valence-corrected chi connectivity index (χ2v) is 8.35. The third kappa shape index (κ3) is 4.97. The van der Waals surface area contributed by atoms with E-state index in [1.807, 2.05) is 6.26 Å². The number of hydrazine groups is 1. The first-order chi connectivity index (χ1) is 11.7. The monoisotopic (exact) mass is 398 g/mol. The Morgan fingerprint density at radius 1 is 1.00 bits per heavy atom. The van der Waals surface area contributed by atoms with Crippen molar-refractivity contribution in [2.45, 2.75) is 9.79 Å². The van der Waals surface area contributed by atoms with Crippen molar-refractivity contribution >= 4 is 45.0 Å². The summed E-state index contributed by atoms with van der Waals surface area (Å²) in [6, 6.07) is 10.4.